The Bertz CT molecular complexity index is 729. The van der Waals surface area contributed by atoms with Crippen LogP contribution < -0.4 is 5.73 Å². The SMILES string of the molecule is Nc1ccc(CCC(=O)Cc2nc3ccccc3s2)cc1. The van der Waals surface area contributed by atoms with Gasteiger partial charge in [0.15, 0.2) is 0 Å². The molecule has 0 aliphatic carbocycles. The predicted molar refractivity (Wildman–Crippen MR) is 87.5 cm³/mol. The summed E-state index contributed by atoms with van der Waals surface area (Å²) in [6, 6.07) is 15.7. The van der Waals surface area contributed by atoms with Crippen LogP contribution >= 0.6 is 11.3 Å². The Kier molecular flexibility index (Phi) is 3.97. The first-order valence-electron chi connectivity index (χ1n) is 6.91. The largest absolute Gasteiger partial charge is 0.399 e. The number of aryl methyl sites for hydroxylation is 1. The maximum atomic E-state index is 12.1. The van der Waals surface area contributed by atoms with Gasteiger partial charge < -0.3 is 5.73 Å². The number of benzene rings is 2. The Morgan fingerprint density at radius 1 is 1.10 bits per heavy atom. The zero-order valence-electron chi connectivity index (χ0n) is 11.6. The van der Waals surface area contributed by atoms with Crippen LogP contribution in [0.3, 0.4) is 0 Å². The second kappa shape index (κ2) is 6.06. The number of hydrogen-bond donors (Lipinski definition) is 1. The lowest BCUT2D eigenvalue weighted by Crippen LogP contribution is -2.04. The first kappa shape index (κ1) is 13.8. The van der Waals surface area contributed by atoms with Crippen molar-refractivity contribution in [2.24, 2.45) is 0 Å². The van der Waals surface area contributed by atoms with Crippen LogP contribution in [0.25, 0.3) is 10.2 Å². The number of carbonyl (C=O) groups excluding carboxylic acids is 1. The second-order valence-electron chi connectivity index (χ2n) is 5.03. The number of nitrogens with two attached hydrogens (primary N) is 1. The molecule has 3 nitrogen and oxygen atoms in total. The van der Waals surface area contributed by atoms with Crippen LogP contribution in [0.2, 0.25) is 0 Å². The molecule has 21 heavy (non-hydrogen) atoms. The summed E-state index contributed by atoms with van der Waals surface area (Å²) in [5.41, 5.74) is 8.51. The summed E-state index contributed by atoms with van der Waals surface area (Å²) in [5, 5.41) is 0.901. The zero-order valence-corrected chi connectivity index (χ0v) is 12.4. The van der Waals surface area contributed by atoms with E-state index in [4.69, 9.17) is 5.73 Å². The fraction of sp³-hybridized carbons (Fsp3) is 0.176. The van der Waals surface area contributed by atoms with E-state index in [0.29, 0.717) is 12.8 Å². The van der Waals surface area contributed by atoms with Gasteiger partial charge in [0.2, 0.25) is 0 Å². The molecule has 0 bridgehead atoms. The molecule has 0 spiro atoms. The third-order valence-electron chi connectivity index (χ3n) is 3.36. The number of nitrogen functional groups attached to an aromatic ring is 1. The van der Waals surface area contributed by atoms with Crippen molar-refractivity contribution in [3.05, 3.63) is 59.1 Å². The van der Waals surface area contributed by atoms with Gasteiger partial charge in [-0.3, -0.25) is 4.79 Å². The van der Waals surface area contributed by atoms with Crippen LogP contribution in [0.1, 0.15) is 17.0 Å². The molecule has 1 heterocycles. The normalized spacial score (nSPS) is 10.9. The van der Waals surface area contributed by atoms with E-state index < -0.39 is 0 Å². The monoisotopic (exact) mass is 296 g/mol. The molecular weight excluding hydrogens is 280 g/mol. The number of fused-ring (bicyclic) bond motifs is 1. The van der Waals surface area contributed by atoms with Gasteiger partial charge in [-0.05, 0) is 36.2 Å². The van der Waals surface area contributed by atoms with Crippen LogP contribution in [-0.4, -0.2) is 10.8 Å². The summed E-state index contributed by atoms with van der Waals surface area (Å²) in [6.45, 7) is 0. The minimum atomic E-state index is 0.228. The van der Waals surface area contributed by atoms with Gasteiger partial charge in [-0.2, -0.15) is 0 Å². The van der Waals surface area contributed by atoms with Gasteiger partial charge in [0.05, 0.1) is 16.6 Å². The van der Waals surface area contributed by atoms with E-state index in [1.165, 1.54) is 0 Å². The van der Waals surface area contributed by atoms with Gasteiger partial charge in [-0.15, -0.1) is 11.3 Å². The summed E-state index contributed by atoms with van der Waals surface area (Å²) in [7, 11) is 0. The molecular formula is C17H16N2OS. The molecule has 0 saturated heterocycles. The van der Waals surface area contributed by atoms with Crippen LogP contribution in [0, 0.1) is 0 Å². The number of hydrogen-bond acceptors (Lipinski definition) is 4. The Balaban J connectivity index is 1.59. The molecule has 0 aliphatic heterocycles. The molecule has 0 unspecified atom stereocenters. The van der Waals surface area contributed by atoms with Crippen molar-refractivity contribution in [2.45, 2.75) is 19.3 Å². The maximum Gasteiger partial charge on any atom is 0.140 e. The number of anilines is 1. The Hall–Kier alpha value is -2.20. The van der Waals surface area contributed by atoms with Gasteiger partial charge in [0.1, 0.15) is 10.8 Å². The fourth-order valence-electron chi connectivity index (χ4n) is 2.22. The molecule has 0 fully saturated rings. The third kappa shape index (κ3) is 3.47. The highest BCUT2D eigenvalue weighted by molar-refractivity contribution is 7.18. The Labute approximate surface area is 127 Å². The standard InChI is InChI=1S/C17H16N2OS/c18-13-8-5-12(6-9-13)7-10-14(20)11-17-19-15-3-1-2-4-16(15)21-17/h1-6,8-9H,7,10-11,18H2. The van der Waals surface area contributed by atoms with E-state index in [2.05, 4.69) is 4.98 Å². The molecule has 106 valence electrons. The highest BCUT2D eigenvalue weighted by atomic mass is 32.1. The molecule has 0 amide bonds. The minimum absolute atomic E-state index is 0.228. The molecule has 0 aliphatic rings. The van der Waals surface area contributed by atoms with Crippen LogP contribution in [0.5, 0.6) is 0 Å². The fourth-order valence-corrected chi connectivity index (χ4v) is 3.22. The lowest BCUT2D eigenvalue weighted by molar-refractivity contribution is -0.118. The van der Waals surface area contributed by atoms with Crippen LogP contribution in [0.15, 0.2) is 48.5 Å². The van der Waals surface area contributed by atoms with Crippen molar-refractivity contribution < 1.29 is 4.79 Å². The Morgan fingerprint density at radius 3 is 2.62 bits per heavy atom. The van der Waals surface area contributed by atoms with Crippen molar-refractivity contribution in [3.8, 4) is 0 Å². The van der Waals surface area contributed by atoms with Gasteiger partial charge in [-0.25, -0.2) is 4.98 Å². The first-order chi connectivity index (χ1) is 10.2. The van der Waals surface area contributed by atoms with E-state index in [0.717, 1.165) is 32.9 Å². The lowest BCUT2D eigenvalue weighted by Gasteiger charge is -2.01. The van der Waals surface area contributed by atoms with Gasteiger partial charge in [0, 0.05) is 12.1 Å². The average Bonchev–Trinajstić information content (AvgIpc) is 2.88. The van der Waals surface area contributed by atoms with Crippen molar-refractivity contribution in [3.63, 3.8) is 0 Å². The average molecular weight is 296 g/mol. The number of nitrogens with zero attached hydrogens (tertiary/aromatic N) is 1. The van der Waals surface area contributed by atoms with Gasteiger partial charge >= 0.3 is 0 Å². The number of aromatic nitrogens is 1. The summed E-state index contributed by atoms with van der Waals surface area (Å²) >= 11 is 1.60. The summed E-state index contributed by atoms with van der Waals surface area (Å²) in [4.78, 5) is 16.6. The topological polar surface area (TPSA) is 56.0 Å². The van der Waals surface area contributed by atoms with Crippen LogP contribution in [-0.2, 0) is 17.6 Å². The molecule has 2 aromatic carbocycles. The minimum Gasteiger partial charge on any atom is -0.399 e. The summed E-state index contributed by atoms with van der Waals surface area (Å²) in [5.74, 6) is 0.228. The van der Waals surface area contributed by atoms with Gasteiger partial charge in [0.25, 0.3) is 0 Å². The molecule has 3 rings (SSSR count). The molecule has 0 saturated carbocycles. The molecule has 0 radical (unpaired) electrons. The lowest BCUT2D eigenvalue weighted by atomic mass is 10.1. The van der Waals surface area contributed by atoms with Gasteiger partial charge in [-0.1, -0.05) is 24.3 Å². The summed E-state index contributed by atoms with van der Waals surface area (Å²) < 4.78 is 1.14. The second-order valence-corrected chi connectivity index (χ2v) is 6.15. The van der Waals surface area contributed by atoms with Crippen molar-refractivity contribution in [2.75, 3.05) is 5.73 Å². The number of thiazole rings is 1. The maximum absolute atomic E-state index is 12.1. The number of Topliss-reactive ketones (excluding diaryl/α,β-unsaturated/α-hetero) is 1. The van der Waals surface area contributed by atoms with E-state index in [9.17, 15) is 4.79 Å². The first-order valence-corrected chi connectivity index (χ1v) is 7.73. The number of ketones is 1. The quantitative estimate of drug-likeness (QED) is 0.732. The molecule has 0 atom stereocenters. The third-order valence-corrected chi connectivity index (χ3v) is 4.40. The molecule has 1 aromatic heterocycles. The Morgan fingerprint density at radius 2 is 1.86 bits per heavy atom. The van der Waals surface area contributed by atoms with Crippen LogP contribution in [0.4, 0.5) is 5.69 Å². The highest BCUT2D eigenvalue weighted by Crippen LogP contribution is 2.22. The molecule has 4 heteroatoms. The molecule has 3 aromatic rings. The number of rotatable bonds is 5. The number of para-hydroxylation sites is 1. The molecule has 2 N–H and O–H groups in total. The number of carbonyl (C=O) groups is 1. The highest BCUT2D eigenvalue weighted by Gasteiger charge is 2.09. The van der Waals surface area contributed by atoms with E-state index in [-0.39, 0.29) is 5.78 Å². The van der Waals surface area contributed by atoms with E-state index in [1.54, 1.807) is 11.3 Å². The predicted octanol–water partition coefficient (Wildman–Crippen LogP) is 3.62. The summed E-state index contributed by atoms with van der Waals surface area (Å²) in [6.07, 6.45) is 1.72. The van der Waals surface area contributed by atoms with Crippen molar-refractivity contribution in [1.29, 1.82) is 0 Å². The van der Waals surface area contributed by atoms with Crippen molar-refractivity contribution >= 4 is 33.0 Å². The smallest absolute Gasteiger partial charge is 0.140 e. The van der Waals surface area contributed by atoms with E-state index in [1.807, 2.05) is 48.5 Å². The van der Waals surface area contributed by atoms with E-state index >= 15 is 0 Å². The zero-order chi connectivity index (χ0) is 14.7. The van der Waals surface area contributed by atoms with Crippen molar-refractivity contribution in [1.82, 2.24) is 4.98 Å².